The lowest BCUT2D eigenvalue weighted by molar-refractivity contribution is -0.670. The van der Waals surface area contributed by atoms with Crippen LogP contribution in [0.25, 0.3) is 0 Å². The molecule has 0 amide bonds. The maximum absolute atomic E-state index is 9.81. The molecule has 0 unspecified atom stereocenters. The molecule has 0 fully saturated rings. The van der Waals surface area contributed by atoms with E-state index >= 15 is 0 Å². The first-order valence-electron chi connectivity index (χ1n) is 2.91. The minimum atomic E-state index is 0. The molecule has 0 N–H and O–H groups in total. The van der Waals surface area contributed by atoms with Gasteiger partial charge < -0.3 is 10.4 Å². The van der Waals surface area contributed by atoms with Crippen LogP contribution >= 0.6 is 24.0 Å². The Balaban J connectivity index is 0.000001000. The summed E-state index contributed by atoms with van der Waals surface area (Å²) < 4.78 is 3.68. The molecule has 1 rings (SSSR count). The van der Waals surface area contributed by atoms with E-state index in [-0.39, 0.29) is 24.0 Å². The molecule has 0 aliphatic carbocycles. The van der Waals surface area contributed by atoms with Crippen molar-refractivity contribution < 1.29 is 4.57 Å². The fraction of sp³-hybridized carbons (Fsp3) is 0.333. The van der Waals surface area contributed by atoms with Gasteiger partial charge in [-0.2, -0.15) is 0 Å². The van der Waals surface area contributed by atoms with Gasteiger partial charge in [0.1, 0.15) is 6.20 Å². The first kappa shape index (κ1) is 10.4. The van der Waals surface area contributed by atoms with Crippen molar-refractivity contribution >= 4 is 30.2 Å². The standard InChI is InChI=1S/C6H9N3O.HI/c1-8-4-6(3-7-10)9(2)5-8;/h3-5H,1-2H3;1H/b7-3+;. The van der Waals surface area contributed by atoms with Gasteiger partial charge in [-0.3, -0.25) is 0 Å². The molecular weight excluding hydrogens is 257 g/mol. The summed E-state index contributed by atoms with van der Waals surface area (Å²) >= 11 is 0. The van der Waals surface area contributed by atoms with Crippen LogP contribution in [-0.4, -0.2) is 10.8 Å². The molecule has 0 atom stereocenters. The fourth-order valence-electron chi connectivity index (χ4n) is 0.851. The molecule has 0 saturated carbocycles. The third-order valence-electron chi connectivity index (χ3n) is 1.28. The summed E-state index contributed by atoms with van der Waals surface area (Å²) in [6.07, 6.45) is 4.96. The quantitative estimate of drug-likeness (QED) is 0.314. The second-order valence-corrected chi connectivity index (χ2v) is 2.18. The molecule has 4 nitrogen and oxygen atoms in total. The van der Waals surface area contributed by atoms with E-state index < -0.39 is 0 Å². The van der Waals surface area contributed by atoms with Crippen LogP contribution < -0.4 is 4.57 Å². The number of imidazole rings is 1. The monoisotopic (exact) mass is 267 g/mol. The Bertz CT molecular complexity index is 256. The van der Waals surface area contributed by atoms with E-state index in [1.54, 1.807) is 0 Å². The van der Waals surface area contributed by atoms with Gasteiger partial charge in [0.05, 0.1) is 20.3 Å². The minimum Gasteiger partial charge on any atom is -0.792 e. The predicted molar refractivity (Wildman–Crippen MR) is 53.0 cm³/mol. The number of aryl methyl sites for hydroxylation is 2. The van der Waals surface area contributed by atoms with Crippen LogP contribution in [0, 0.1) is 5.21 Å². The smallest absolute Gasteiger partial charge is 0.243 e. The summed E-state index contributed by atoms with van der Waals surface area (Å²) in [5.74, 6) is 0. The lowest BCUT2D eigenvalue weighted by Gasteiger charge is -1.87. The van der Waals surface area contributed by atoms with Gasteiger partial charge in [0, 0.05) is 0 Å². The molecule has 0 saturated heterocycles. The van der Waals surface area contributed by atoms with E-state index in [0.717, 1.165) is 5.69 Å². The highest BCUT2D eigenvalue weighted by atomic mass is 127. The molecule has 1 aromatic heterocycles. The van der Waals surface area contributed by atoms with Crippen LogP contribution in [0.4, 0.5) is 0 Å². The zero-order chi connectivity index (χ0) is 7.56. The van der Waals surface area contributed by atoms with E-state index in [9.17, 15) is 5.21 Å². The van der Waals surface area contributed by atoms with Crippen LogP contribution in [0.1, 0.15) is 5.69 Å². The molecular formula is C6H10IN3O. The van der Waals surface area contributed by atoms with Crippen molar-refractivity contribution in [3.63, 3.8) is 0 Å². The zero-order valence-corrected chi connectivity index (χ0v) is 8.72. The zero-order valence-electron chi connectivity index (χ0n) is 6.39. The summed E-state index contributed by atoms with van der Waals surface area (Å²) in [6, 6.07) is 0. The summed E-state index contributed by atoms with van der Waals surface area (Å²) in [5, 5.41) is 12.5. The van der Waals surface area contributed by atoms with Crippen LogP contribution in [0.15, 0.2) is 17.7 Å². The molecule has 0 radical (unpaired) electrons. The van der Waals surface area contributed by atoms with Crippen LogP contribution in [-0.2, 0) is 14.1 Å². The maximum atomic E-state index is 9.81. The molecule has 0 aromatic carbocycles. The number of hydrogen-bond donors (Lipinski definition) is 0. The highest BCUT2D eigenvalue weighted by molar-refractivity contribution is 14.0. The first-order chi connectivity index (χ1) is 4.74. The lowest BCUT2D eigenvalue weighted by atomic mass is 10.5. The van der Waals surface area contributed by atoms with Crippen molar-refractivity contribution in [1.82, 2.24) is 4.57 Å². The van der Waals surface area contributed by atoms with Gasteiger partial charge in [-0.05, 0) is 0 Å². The summed E-state index contributed by atoms with van der Waals surface area (Å²) in [5.41, 5.74) is 0.803. The Labute approximate surface area is 82.2 Å². The number of aromatic nitrogens is 2. The Hall–Kier alpha value is -0.590. The molecule has 11 heavy (non-hydrogen) atoms. The number of rotatable bonds is 1. The third kappa shape index (κ3) is 2.49. The number of halogens is 1. The highest BCUT2D eigenvalue weighted by Gasteiger charge is 2.01. The van der Waals surface area contributed by atoms with Gasteiger partial charge >= 0.3 is 0 Å². The van der Waals surface area contributed by atoms with E-state index in [0.29, 0.717) is 0 Å². The Morgan fingerprint density at radius 3 is 2.73 bits per heavy atom. The molecule has 0 spiro atoms. The lowest BCUT2D eigenvalue weighted by Crippen LogP contribution is -2.23. The fourth-order valence-corrected chi connectivity index (χ4v) is 0.851. The topological polar surface area (TPSA) is 44.2 Å². The van der Waals surface area contributed by atoms with Crippen molar-refractivity contribution in [1.29, 1.82) is 0 Å². The summed E-state index contributed by atoms with van der Waals surface area (Å²) in [4.78, 5) is 0. The predicted octanol–water partition coefficient (Wildman–Crippen LogP) is 0.384. The summed E-state index contributed by atoms with van der Waals surface area (Å²) in [7, 11) is 3.75. The van der Waals surface area contributed by atoms with E-state index in [1.165, 1.54) is 6.21 Å². The van der Waals surface area contributed by atoms with Crippen molar-refractivity contribution in [2.24, 2.45) is 19.3 Å². The minimum absolute atomic E-state index is 0. The Morgan fingerprint density at radius 1 is 1.73 bits per heavy atom. The first-order valence-corrected chi connectivity index (χ1v) is 2.91. The largest absolute Gasteiger partial charge is 0.792 e. The second-order valence-electron chi connectivity index (χ2n) is 2.18. The number of nitrogens with zero attached hydrogens (tertiary/aromatic N) is 3. The Morgan fingerprint density at radius 2 is 2.36 bits per heavy atom. The molecule has 0 aliphatic rings. The van der Waals surface area contributed by atoms with Crippen molar-refractivity contribution in [2.45, 2.75) is 0 Å². The van der Waals surface area contributed by atoms with Gasteiger partial charge in [-0.25, -0.2) is 9.13 Å². The van der Waals surface area contributed by atoms with Crippen molar-refractivity contribution in [3.05, 3.63) is 23.4 Å². The van der Waals surface area contributed by atoms with E-state index in [4.69, 9.17) is 0 Å². The number of hydrogen-bond acceptors (Lipinski definition) is 2. The van der Waals surface area contributed by atoms with Crippen LogP contribution in [0.5, 0.6) is 0 Å². The molecule has 0 bridgehead atoms. The van der Waals surface area contributed by atoms with Crippen LogP contribution in [0.2, 0.25) is 0 Å². The average molecular weight is 267 g/mol. The SMILES string of the molecule is Cn1c[n+](C)cc1/C=N/[O-].I. The third-order valence-corrected chi connectivity index (χ3v) is 1.28. The highest BCUT2D eigenvalue weighted by Crippen LogP contribution is 1.87. The van der Waals surface area contributed by atoms with Gasteiger partial charge in [-0.15, -0.1) is 24.0 Å². The van der Waals surface area contributed by atoms with Crippen molar-refractivity contribution in [3.8, 4) is 0 Å². The Kier molecular flexibility index (Phi) is 4.09. The summed E-state index contributed by atoms with van der Waals surface area (Å²) in [6.45, 7) is 0. The van der Waals surface area contributed by atoms with Gasteiger partial charge in [0.15, 0.2) is 5.69 Å². The van der Waals surface area contributed by atoms with Gasteiger partial charge in [0.25, 0.3) is 0 Å². The molecule has 62 valence electrons. The maximum Gasteiger partial charge on any atom is 0.243 e. The molecule has 1 aromatic rings. The van der Waals surface area contributed by atoms with Gasteiger partial charge in [0.2, 0.25) is 6.33 Å². The van der Waals surface area contributed by atoms with Gasteiger partial charge in [-0.1, -0.05) is 0 Å². The molecule has 0 aliphatic heterocycles. The average Bonchev–Trinajstić information content (AvgIpc) is 2.13. The molecule has 1 heterocycles. The van der Waals surface area contributed by atoms with Crippen molar-refractivity contribution in [2.75, 3.05) is 0 Å². The normalized spacial score (nSPS) is 10.0. The van der Waals surface area contributed by atoms with E-state index in [1.807, 2.05) is 35.8 Å². The second kappa shape index (κ2) is 4.32. The van der Waals surface area contributed by atoms with Crippen LogP contribution in [0.3, 0.4) is 0 Å². The van der Waals surface area contributed by atoms with E-state index in [2.05, 4.69) is 5.16 Å². The molecule has 5 heteroatoms.